The molecule has 4 N–H and O–H groups in total. The number of carboxylic acids is 1. The summed E-state index contributed by atoms with van der Waals surface area (Å²) >= 11 is 0. The Morgan fingerprint density at radius 3 is 1.67 bits per heavy atom. The maximum atomic E-state index is 11.9. The van der Waals surface area contributed by atoms with Gasteiger partial charge in [0.1, 0.15) is 18.8 Å². The Kier molecular flexibility index (Phi) is 22.5. The molecular formula is C25H50NO9P. The highest BCUT2D eigenvalue weighted by atomic mass is 31.2. The summed E-state index contributed by atoms with van der Waals surface area (Å²) in [5, 5.41) is 8.65. The first kappa shape index (κ1) is 35.0. The third-order valence-corrected chi connectivity index (χ3v) is 6.86. The first-order valence-electron chi connectivity index (χ1n) is 13.5. The van der Waals surface area contributed by atoms with Gasteiger partial charge in [-0.2, -0.15) is 0 Å². The molecule has 0 rings (SSSR count). The second kappa shape index (κ2) is 23.1. The van der Waals surface area contributed by atoms with Crippen LogP contribution in [-0.2, 0) is 32.7 Å². The van der Waals surface area contributed by atoms with E-state index in [1.807, 2.05) is 0 Å². The van der Waals surface area contributed by atoms with Crippen molar-refractivity contribution in [1.82, 2.24) is 0 Å². The second-order valence-corrected chi connectivity index (χ2v) is 10.7. The number of phosphoric acid groups is 1. The fourth-order valence-corrected chi connectivity index (χ4v) is 4.32. The van der Waals surface area contributed by atoms with Crippen LogP contribution in [0.2, 0.25) is 0 Å². The van der Waals surface area contributed by atoms with E-state index in [0.29, 0.717) is 6.42 Å². The summed E-state index contributed by atoms with van der Waals surface area (Å²) in [5.41, 5.74) is 5.21. The minimum Gasteiger partial charge on any atom is -0.480 e. The molecule has 11 heteroatoms. The van der Waals surface area contributed by atoms with Crippen LogP contribution in [0.25, 0.3) is 0 Å². The van der Waals surface area contributed by atoms with E-state index in [9.17, 15) is 19.0 Å². The van der Waals surface area contributed by atoms with E-state index in [1.165, 1.54) is 84.2 Å². The number of nitrogens with two attached hydrogens (primary N) is 1. The van der Waals surface area contributed by atoms with Gasteiger partial charge >= 0.3 is 19.8 Å². The maximum Gasteiger partial charge on any atom is 0.472 e. The average Bonchev–Trinajstić information content (AvgIpc) is 2.84. The number of ether oxygens (including phenoxy) is 2. The molecule has 10 nitrogen and oxygen atoms in total. The Labute approximate surface area is 217 Å². The molecule has 0 aromatic carbocycles. The van der Waals surface area contributed by atoms with E-state index in [-0.39, 0.29) is 19.2 Å². The Hall–Kier alpha value is -1.03. The quantitative estimate of drug-likeness (QED) is 0.0744. The molecule has 0 aliphatic carbocycles. The molecule has 36 heavy (non-hydrogen) atoms. The van der Waals surface area contributed by atoms with Crippen LogP contribution in [0.4, 0.5) is 0 Å². The summed E-state index contributed by atoms with van der Waals surface area (Å²) in [6, 6.07) is -1.45. The predicted octanol–water partition coefficient (Wildman–Crippen LogP) is 5.35. The van der Waals surface area contributed by atoms with Crippen LogP contribution >= 0.6 is 7.82 Å². The van der Waals surface area contributed by atoms with Gasteiger partial charge in [0, 0.05) is 13.5 Å². The van der Waals surface area contributed by atoms with Gasteiger partial charge in [-0.3, -0.25) is 18.6 Å². The third-order valence-electron chi connectivity index (χ3n) is 5.91. The van der Waals surface area contributed by atoms with Gasteiger partial charge in [0.2, 0.25) is 0 Å². The summed E-state index contributed by atoms with van der Waals surface area (Å²) in [7, 11) is -3.16. The average molecular weight is 540 g/mol. The SMILES string of the molecule is CCCCCCCCCCCCCCCCCC(=O)OC[C@@H](COP(=O)(O)OC[C@H](N)C(=O)O)OC. The first-order valence-corrected chi connectivity index (χ1v) is 15.0. The molecule has 0 radical (unpaired) electrons. The van der Waals surface area contributed by atoms with E-state index < -0.39 is 32.5 Å². The summed E-state index contributed by atoms with van der Waals surface area (Å²) in [6.45, 7) is 1.05. The summed E-state index contributed by atoms with van der Waals surface area (Å²) in [5.74, 6) is -1.73. The van der Waals surface area contributed by atoms with Crippen molar-refractivity contribution < 1.29 is 42.7 Å². The number of carbonyl (C=O) groups excluding carboxylic acids is 1. The lowest BCUT2D eigenvalue weighted by Gasteiger charge is -2.18. The van der Waals surface area contributed by atoms with Crippen LogP contribution < -0.4 is 5.73 Å². The maximum absolute atomic E-state index is 11.9. The Bertz CT molecular complexity index is 606. The molecule has 0 amide bonds. The van der Waals surface area contributed by atoms with Crippen LogP contribution in [0.5, 0.6) is 0 Å². The Balaban J connectivity index is 3.67. The smallest absolute Gasteiger partial charge is 0.472 e. The molecule has 0 heterocycles. The Morgan fingerprint density at radius 1 is 0.778 bits per heavy atom. The number of unbranched alkanes of at least 4 members (excludes halogenated alkanes) is 14. The van der Waals surface area contributed by atoms with Crippen molar-refractivity contribution in [3.8, 4) is 0 Å². The number of esters is 1. The molecule has 0 aromatic rings. The zero-order valence-corrected chi connectivity index (χ0v) is 23.3. The molecule has 0 aliphatic rings. The standard InChI is InChI=1S/C25H50NO9P/c1-3-4-5-6-7-8-9-10-11-12-13-14-15-16-17-18-24(27)33-19-22(32-2)20-34-36(30,31)35-21-23(26)25(28)29/h22-23H,3-21,26H2,1-2H3,(H,28,29)(H,30,31)/t22-,23-/m0/s1. The summed E-state index contributed by atoms with van der Waals surface area (Å²) in [4.78, 5) is 32.1. The predicted molar refractivity (Wildman–Crippen MR) is 139 cm³/mol. The number of methoxy groups -OCH3 is 1. The molecule has 214 valence electrons. The zero-order chi connectivity index (χ0) is 27.1. The summed E-state index contributed by atoms with van der Waals surface area (Å²) in [6.07, 6.45) is 18.3. The number of aliphatic carboxylic acids is 1. The van der Waals surface area contributed by atoms with Crippen LogP contribution in [0.3, 0.4) is 0 Å². The second-order valence-electron chi connectivity index (χ2n) is 9.25. The lowest BCUT2D eigenvalue weighted by molar-refractivity contribution is -0.148. The third kappa shape index (κ3) is 22.2. The van der Waals surface area contributed by atoms with Gasteiger partial charge in [-0.1, -0.05) is 96.8 Å². The van der Waals surface area contributed by atoms with Gasteiger partial charge in [0.15, 0.2) is 0 Å². The fourth-order valence-electron chi connectivity index (χ4n) is 3.54. The molecule has 1 unspecified atom stereocenters. The van der Waals surface area contributed by atoms with E-state index in [4.69, 9.17) is 24.8 Å². The molecule has 0 saturated heterocycles. The van der Waals surface area contributed by atoms with Gasteiger partial charge in [-0.15, -0.1) is 0 Å². The largest absolute Gasteiger partial charge is 0.480 e. The normalized spacial score (nSPS) is 14.8. The van der Waals surface area contributed by atoms with Crippen LogP contribution in [0.15, 0.2) is 0 Å². The monoisotopic (exact) mass is 539 g/mol. The van der Waals surface area contributed by atoms with Crippen molar-refractivity contribution in [2.24, 2.45) is 5.73 Å². The molecule has 0 bridgehead atoms. The summed E-state index contributed by atoms with van der Waals surface area (Å²) < 4.78 is 31.3. The number of hydrogen-bond donors (Lipinski definition) is 3. The number of carbonyl (C=O) groups is 2. The molecule has 0 saturated carbocycles. The van der Waals surface area contributed by atoms with Crippen molar-refractivity contribution in [2.45, 2.75) is 122 Å². The molecule has 0 fully saturated rings. The lowest BCUT2D eigenvalue weighted by atomic mass is 10.0. The lowest BCUT2D eigenvalue weighted by Crippen LogP contribution is -2.34. The molecule has 0 spiro atoms. The van der Waals surface area contributed by atoms with Gasteiger partial charge in [-0.05, 0) is 6.42 Å². The highest BCUT2D eigenvalue weighted by molar-refractivity contribution is 7.47. The minimum atomic E-state index is -4.51. The van der Waals surface area contributed by atoms with E-state index >= 15 is 0 Å². The van der Waals surface area contributed by atoms with Crippen LogP contribution in [0, 0.1) is 0 Å². The number of phosphoric ester groups is 1. The van der Waals surface area contributed by atoms with Crippen LogP contribution in [-0.4, -0.2) is 61.0 Å². The zero-order valence-electron chi connectivity index (χ0n) is 22.4. The fraction of sp³-hybridized carbons (Fsp3) is 0.920. The van der Waals surface area contributed by atoms with Crippen molar-refractivity contribution in [2.75, 3.05) is 26.9 Å². The molecular weight excluding hydrogens is 489 g/mol. The highest BCUT2D eigenvalue weighted by Crippen LogP contribution is 2.43. The number of rotatable bonds is 26. The van der Waals surface area contributed by atoms with Crippen LogP contribution in [0.1, 0.15) is 110 Å². The van der Waals surface area contributed by atoms with Gasteiger partial charge in [0.25, 0.3) is 0 Å². The highest BCUT2D eigenvalue weighted by Gasteiger charge is 2.26. The number of hydrogen-bond acceptors (Lipinski definition) is 8. The van der Waals surface area contributed by atoms with Crippen molar-refractivity contribution in [3.63, 3.8) is 0 Å². The van der Waals surface area contributed by atoms with E-state index in [1.54, 1.807) is 0 Å². The van der Waals surface area contributed by atoms with Crippen molar-refractivity contribution in [3.05, 3.63) is 0 Å². The van der Waals surface area contributed by atoms with Gasteiger partial charge in [0.05, 0.1) is 13.2 Å². The topological polar surface area (TPSA) is 155 Å². The molecule has 0 aliphatic heterocycles. The molecule has 3 atom stereocenters. The first-order chi connectivity index (χ1) is 17.2. The minimum absolute atomic E-state index is 0.136. The van der Waals surface area contributed by atoms with Gasteiger partial charge < -0.3 is 25.2 Å². The van der Waals surface area contributed by atoms with E-state index in [2.05, 4.69) is 11.4 Å². The molecule has 0 aromatic heterocycles. The number of carboxylic acid groups (broad SMARTS) is 1. The Morgan fingerprint density at radius 2 is 1.22 bits per heavy atom. The van der Waals surface area contributed by atoms with E-state index in [0.717, 1.165) is 19.3 Å². The van der Waals surface area contributed by atoms with Gasteiger partial charge in [-0.25, -0.2) is 4.57 Å². The van der Waals surface area contributed by atoms with Crippen molar-refractivity contribution >= 4 is 19.8 Å². The van der Waals surface area contributed by atoms with Crippen molar-refractivity contribution in [1.29, 1.82) is 0 Å².